The van der Waals surface area contributed by atoms with E-state index in [1.165, 1.54) is 51.4 Å². The topological polar surface area (TPSA) is 105 Å². The van der Waals surface area contributed by atoms with Gasteiger partial charge in [0.2, 0.25) is 5.91 Å². The third-order valence-electron chi connectivity index (χ3n) is 8.97. The van der Waals surface area contributed by atoms with Gasteiger partial charge in [0.15, 0.2) is 0 Å². The molecule has 0 bridgehead atoms. The number of hydrogen-bond acceptors (Lipinski definition) is 5. The number of amides is 1. The van der Waals surface area contributed by atoms with E-state index in [4.69, 9.17) is 9.05 Å². The summed E-state index contributed by atoms with van der Waals surface area (Å²) in [6.45, 7) is 4.70. The highest BCUT2D eigenvalue weighted by molar-refractivity contribution is 7.47. The second-order valence-electron chi connectivity index (χ2n) is 15.3. The molecule has 0 saturated heterocycles. The van der Waals surface area contributed by atoms with Gasteiger partial charge in [-0.2, -0.15) is 0 Å². The van der Waals surface area contributed by atoms with Crippen LogP contribution >= 0.6 is 7.82 Å². The predicted octanol–water partition coefficient (Wildman–Crippen LogP) is 11.6. The van der Waals surface area contributed by atoms with Crippen molar-refractivity contribution >= 4 is 13.7 Å². The Hall–Kier alpha value is -2.06. The van der Waals surface area contributed by atoms with Crippen molar-refractivity contribution in [1.82, 2.24) is 5.32 Å². The number of unbranched alkanes of at least 4 members (excludes halogenated alkanes) is 12. The SMILES string of the molecule is CC/C=C\C/C=C\C/C=C\C/C=C\C/C=C\C/C=C\CCCCC(=O)NC(COP(=O)(O)OCC[N+](C)(C)C)C(O)CCCCCCCCCCCCC. The minimum atomic E-state index is -4.33. The average Bonchev–Trinajstić information content (AvgIpc) is 3.12. The number of hydrogen-bond donors (Lipinski definition) is 3. The summed E-state index contributed by atoms with van der Waals surface area (Å²) in [5, 5.41) is 13.9. The number of likely N-dealkylation sites (N-methyl/N-ethyl adjacent to an activating group) is 1. The summed E-state index contributed by atoms with van der Waals surface area (Å²) in [7, 11) is 1.57. The van der Waals surface area contributed by atoms with Gasteiger partial charge >= 0.3 is 7.82 Å². The van der Waals surface area contributed by atoms with Crippen molar-refractivity contribution in [1.29, 1.82) is 0 Å². The van der Waals surface area contributed by atoms with E-state index in [0.29, 0.717) is 30.3 Å². The quantitative estimate of drug-likeness (QED) is 0.0251. The minimum Gasteiger partial charge on any atom is -0.391 e. The number of aliphatic hydroxyl groups excluding tert-OH is 1. The molecule has 0 rings (SSSR count). The molecule has 3 atom stereocenters. The van der Waals surface area contributed by atoms with Crippen LogP contribution in [0.2, 0.25) is 0 Å². The molecule has 54 heavy (non-hydrogen) atoms. The Bertz CT molecular complexity index is 1110. The maximum absolute atomic E-state index is 12.8. The Morgan fingerprint density at radius 2 is 1.11 bits per heavy atom. The highest BCUT2D eigenvalue weighted by atomic mass is 31.2. The number of phosphoric ester groups is 1. The smallest absolute Gasteiger partial charge is 0.391 e. The lowest BCUT2D eigenvalue weighted by Crippen LogP contribution is -2.46. The zero-order valence-electron chi connectivity index (χ0n) is 35.2. The Balaban J connectivity index is 4.47. The van der Waals surface area contributed by atoms with Crippen molar-refractivity contribution in [2.75, 3.05) is 40.9 Å². The number of phosphoric acid groups is 1. The van der Waals surface area contributed by atoms with Crippen LogP contribution < -0.4 is 5.32 Å². The Kier molecular flexibility index (Phi) is 35.2. The van der Waals surface area contributed by atoms with Gasteiger partial charge in [-0.25, -0.2) is 4.57 Å². The summed E-state index contributed by atoms with van der Waals surface area (Å²) in [5.41, 5.74) is 0. The summed E-state index contributed by atoms with van der Waals surface area (Å²) >= 11 is 0. The van der Waals surface area contributed by atoms with E-state index in [9.17, 15) is 19.4 Å². The molecule has 0 saturated carbocycles. The molecule has 0 heterocycles. The van der Waals surface area contributed by atoms with Gasteiger partial charge in [-0.3, -0.25) is 13.8 Å². The first-order chi connectivity index (χ1) is 26.0. The normalized spacial score (nSPS) is 15.2. The molecule has 0 aromatic heterocycles. The van der Waals surface area contributed by atoms with E-state index >= 15 is 0 Å². The summed E-state index contributed by atoms with van der Waals surface area (Å²) in [5.74, 6) is -0.192. The highest BCUT2D eigenvalue weighted by Gasteiger charge is 2.28. The van der Waals surface area contributed by atoms with Crippen molar-refractivity contribution in [3.05, 3.63) is 72.9 Å². The van der Waals surface area contributed by atoms with Gasteiger partial charge in [-0.15, -0.1) is 0 Å². The molecule has 0 aliphatic carbocycles. The van der Waals surface area contributed by atoms with E-state index in [1.54, 1.807) is 0 Å². The van der Waals surface area contributed by atoms with Crippen LogP contribution in [-0.2, 0) is 18.4 Å². The fourth-order valence-electron chi connectivity index (χ4n) is 5.58. The van der Waals surface area contributed by atoms with Crippen LogP contribution in [0.5, 0.6) is 0 Å². The first-order valence-electron chi connectivity index (χ1n) is 21.3. The van der Waals surface area contributed by atoms with Gasteiger partial charge in [0.1, 0.15) is 13.2 Å². The number of rotatable bonds is 37. The molecular weight excluding hydrogens is 695 g/mol. The average molecular weight is 778 g/mol. The van der Waals surface area contributed by atoms with E-state index in [0.717, 1.165) is 70.6 Å². The van der Waals surface area contributed by atoms with Crippen molar-refractivity contribution < 1.29 is 32.9 Å². The van der Waals surface area contributed by atoms with Crippen LogP contribution in [0.4, 0.5) is 0 Å². The van der Waals surface area contributed by atoms with E-state index < -0.39 is 20.0 Å². The molecule has 0 aliphatic heterocycles. The number of quaternary nitrogens is 1. The van der Waals surface area contributed by atoms with Crippen LogP contribution in [0.1, 0.15) is 155 Å². The molecule has 1 amide bonds. The van der Waals surface area contributed by atoms with E-state index in [-0.39, 0.29) is 19.1 Å². The first kappa shape index (κ1) is 51.9. The van der Waals surface area contributed by atoms with Crippen LogP contribution in [-0.4, -0.2) is 73.4 Å². The lowest BCUT2D eigenvalue weighted by atomic mass is 10.0. The van der Waals surface area contributed by atoms with Crippen LogP contribution in [0.3, 0.4) is 0 Å². The third kappa shape index (κ3) is 38.2. The van der Waals surface area contributed by atoms with Gasteiger partial charge in [0.05, 0.1) is 39.9 Å². The van der Waals surface area contributed by atoms with E-state index in [1.807, 2.05) is 21.1 Å². The fourth-order valence-corrected chi connectivity index (χ4v) is 6.31. The fraction of sp³-hybridized carbons (Fsp3) is 0.711. The van der Waals surface area contributed by atoms with Crippen molar-refractivity contribution in [2.24, 2.45) is 0 Å². The lowest BCUT2D eigenvalue weighted by molar-refractivity contribution is -0.870. The van der Waals surface area contributed by atoms with Crippen LogP contribution in [0.15, 0.2) is 72.9 Å². The molecule has 312 valence electrons. The van der Waals surface area contributed by atoms with Crippen molar-refractivity contribution in [3.63, 3.8) is 0 Å². The van der Waals surface area contributed by atoms with Gasteiger partial charge in [0, 0.05) is 6.42 Å². The summed E-state index contributed by atoms with van der Waals surface area (Å²) < 4.78 is 23.5. The zero-order valence-corrected chi connectivity index (χ0v) is 36.1. The molecule has 0 aromatic carbocycles. The zero-order chi connectivity index (χ0) is 40.0. The highest BCUT2D eigenvalue weighted by Crippen LogP contribution is 2.43. The molecule has 3 N–H and O–H groups in total. The van der Waals surface area contributed by atoms with Crippen LogP contribution in [0.25, 0.3) is 0 Å². The van der Waals surface area contributed by atoms with Crippen LogP contribution in [0, 0.1) is 0 Å². The molecule has 0 aliphatic rings. The summed E-state index contributed by atoms with van der Waals surface area (Å²) in [6.07, 6.45) is 47.9. The number of nitrogens with zero attached hydrogens (tertiary/aromatic N) is 1. The largest absolute Gasteiger partial charge is 0.472 e. The van der Waals surface area contributed by atoms with Gasteiger partial charge in [-0.05, 0) is 64.2 Å². The summed E-state index contributed by atoms with van der Waals surface area (Å²) in [4.78, 5) is 23.1. The lowest BCUT2D eigenvalue weighted by Gasteiger charge is -2.26. The molecular formula is C45H82N2O6P+. The second-order valence-corrected chi connectivity index (χ2v) is 16.8. The monoisotopic (exact) mass is 778 g/mol. The standard InChI is InChI=1S/C45H81N2O6P/c1-6-8-10-12-14-16-18-19-20-21-22-23-24-25-26-27-29-31-33-35-37-39-45(49)46-43(42-53-54(50,51)52-41-40-47(3,4)5)44(48)38-36-34-32-30-28-17-15-13-11-9-7-2/h8,10,14,16,19-20,22-23,25-26,29,31,43-44,48H,6-7,9,11-13,15,17-18,21,24,27-28,30,32-42H2,1-5H3,(H-,46,49,50,51)/p+1/b10-8-,16-14-,20-19-,23-22-,26-25-,31-29-. The third-order valence-corrected chi connectivity index (χ3v) is 9.95. The molecule has 0 radical (unpaired) electrons. The molecule has 8 nitrogen and oxygen atoms in total. The van der Waals surface area contributed by atoms with Gasteiger partial charge in [-0.1, -0.05) is 157 Å². The molecule has 9 heteroatoms. The molecule has 0 fully saturated rings. The number of aliphatic hydroxyl groups is 1. The number of allylic oxidation sites excluding steroid dienone is 12. The molecule has 3 unspecified atom stereocenters. The van der Waals surface area contributed by atoms with Crippen molar-refractivity contribution in [3.8, 4) is 0 Å². The number of carbonyl (C=O) groups excluding carboxylic acids is 1. The summed E-state index contributed by atoms with van der Waals surface area (Å²) in [6, 6.07) is -0.786. The maximum atomic E-state index is 12.8. The minimum absolute atomic E-state index is 0.0619. The Labute approximate surface area is 332 Å². The Morgan fingerprint density at radius 3 is 1.59 bits per heavy atom. The predicted molar refractivity (Wildman–Crippen MR) is 230 cm³/mol. The first-order valence-corrected chi connectivity index (χ1v) is 22.8. The number of carbonyl (C=O) groups is 1. The maximum Gasteiger partial charge on any atom is 0.472 e. The van der Waals surface area contributed by atoms with Gasteiger partial charge in [0.25, 0.3) is 0 Å². The van der Waals surface area contributed by atoms with E-state index in [2.05, 4.69) is 92.1 Å². The number of nitrogens with one attached hydrogen (secondary N) is 1. The van der Waals surface area contributed by atoms with Crippen molar-refractivity contribution in [2.45, 2.75) is 167 Å². The Morgan fingerprint density at radius 1 is 0.648 bits per heavy atom. The second kappa shape index (κ2) is 36.6. The molecule has 0 spiro atoms. The van der Waals surface area contributed by atoms with Gasteiger partial charge < -0.3 is 19.8 Å². The molecule has 0 aromatic rings.